The molecule has 0 radical (unpaired) electrons. The minimum Gasteiger partial charge on any atom is -0.218 e. The van der Waals surface area contributed by atoms with Crippen LogP contribution in [0.4, 0.5) is 0 Å². The van der Waals surface area contributed by atoms with E-state index in [4.69, 9.17) is 11.6 Å². The third-order valence-electron chi connectivity index (χ3n) is 2.85. The second kappa shape index (κ2) is 4.26. The average molecular weight is 236 g/mol. The molecule has 0 aliphatic heterocycles. The number of aryl methyl sites for hydroxylation is 2. The monoisotopic (exact) mass is 235 g/mol. The van der Waals surface area contributed by atoms with Crippen LogP contribution in [0.2, 0.25) is 0 Å². The van der Waals surface area contributed by atoms with Crippen molar-refractivity contribution >= 4 is 11.6 Å². The highest BCUT2D eigenvalue weighted by Crippen LogP contribution is 2.16. The van der Waals surface area contributed by atoms with Crippen molar-refractivity contribution in [2.45, 2.75) is 26.7 Å². The van der Waals surface area contributed by atoms with Gasteiger partial charge in [-0.15, -0.1) is 16.7 Å². The summed E-state index contributed by atoms with van der Waals surface area (Å²) in [5.41, 5.74) is 5.39. The summed E-state index contributed by atoms with van der Waals surface area (Å²) < 4.78 is 1.82. The van der Waals surface area contributed by atoms with Crippen LogP contribution in [0.25, 0.3) is 5.69 Å². The molecule has 0 aliphatic carbocycles. The lowest BCUT2D eigenvalue weighted by Gasteiger charge is -2.06. The predicted octanol–water partition coefficient (Wildman–Crippen LogP) is 2.93. The molecular weight excluding hydrogens is 222 g/mol. The van der Waals surface area contributed by atoms with Crippen LogP contribution < -0.4 is 0 Å². The highest BCUT2D eigenvalue weighted by Gasteiger charge is 2.09. The van der Waals surface area contributed by atoms with Gasteiger partial charge in [-0.05, 0) is 44.0 Å². The minimum absolute atomic E-state index is 0.399. The molecule has 0 unspecified atom stereocenters. The van der Waals surface area contributed by atoms with Crippen LogP contribution in [0.3, 0.4) is 0 Å². The molecule has 0 spiro atoms. The maximum atomic E-state index is 5.77. The molecule has 1 heterocycles. The zero-order valence-electron chi connectivity index (χ0n) is 9.66. The fourth-order valence-electron chi connectivity index (χ4n) is 1.59. The molecule has 84 valence electrons. The first-order valence-electron chi connectivity index (χ1n) is 5.18. The quantitative estimate of drug-likeness (QED) is 0.750. The van der Waals surface area contributed by atoms with Gasteiger partial charge in [-0.1, -0.05) is 11.3 Å². The average Bonchev–Trinajstić information content (AvgIpc) is 2.64. The largest absolute Gasteiger partial charge is 0.218 e. The van der Waals surface area contributed by atoms with Gasteiger partial charge in [0.25, 0.3) is 0 Å². The lowest BCUT2D eigenvalue weighted by molar-refractivity contribution is 0.783. The second-order valence-corrected chi connectivity index (χ2v) is 4.20. The first kappa shape index (κ1) is 11.1. The topological polar surface area (TPSA) is 30.7 Å². The summed E-state index contributed by atoms with van der Waals surface area (Å²) in [6.07, 6.45) is 0. The van der Waals surface area contributed by atoms with Crippen molar-refractivity contribution in [1.82, 2.24) is 15.0 Å². The van der Waals surface area contributed by atoms with Crippen molar-refractivity contribution in [2.24, 2.45) is 0 Å². The van der Waals surface area contributed by atoms with E-state index >= 15 is 0 Å². The Morgan fingerprint density at radius 1 is 1.19 bits per heavy atom. The molecule has 0 saturated carbocycles. The Labute approximate surface area is 100 Å². The van der Waals surface area contributed by atoms with Gasteiger partial charge in [-0.25, -0.2) is 4.68 Å². The van der Waals surface area contributed by atoms with E-state index < -0.39 is 0 Å². The first-order valence-corrected chi connectivity index (χ1v) is 5.71. The summed E-state index contributed by atoms with van der Waals surface area (Å²) in [6, 6.07) is 6.24. The van der Waals surface area contributed by atoms with E-state index in [2.05, 4.69) is 36.3 Å². The molecule has 0 amide bonds. The zero-order valence-corrected chi connectivity index (χ0v) is 10.4. The molecule has 1 aromatic carbocycles. The first-order chi connectivity index (χ1) is 7.63. The fraction of sp³-hybridized carbons (Fsp3) is 0.333. The van der Waals surface area contributed by atoms with Crippen LogP contribution in [0.1, 0.15) is 22.5 Å². The van der Waals surface area contributed by atoms with Gasteiger partial charge in [0.1, 0.15) is 5.69 Å². The Bertz CT molecular complexity index is 517. The smallest absolute Gasteiger partial charge is 0.101 e. The normalized spacial score (nSPS) is 10.8. The summed E-state index contributed by atoms with van der Waals surface area (Å²) in [4.78, 5) is 0. The van der Waals surface area contributed by atoms with Gasteiger partial charge in [-0.2, -0.15) is 0 Å². The number of halogens is 1. The van der Waals surface area contributed by atoms with Crippen molar-refractivity contribution in [2.75, 3.05) is 0 Å². The number of hydrogen-bond donors (Lipinski definition) is 0. The van der Waals surface area contributed by atoms with Crippen LogP contribution in [0, 0.1) is 20.8 Å². The molecule has 0 N–H and O–H groups in total. The molecule has 0 atom stereocenters. The van der Waals surface area contributed by atoms with Gasteiger partial charge < -0.3 is 0 Å². The number of benzene rings is 1. The molecule has 0 saturated heterocycles. The third kappa shape index (κ3) is 1.83. The number of hydrogen-bond acceptors (Lipinski definition) is 2. The van der Waals surface area contributed by atoms with Crippen molar-refractivity contribution in [3.63, 3.8) is 0 Å². The summed E-state index contributed by atoms with van der Waals surface area (Å²) in [7, 11) is 0. The molecule has 0 bridgehead atoms. The van der Waals surface area contributed by atoms with Crippen LogP contribution in [0.5, 0.6) is 0 Å². The summed E-state index contributed by atoms with van der Waals surface area (Å²) in [5, 5.41) is 8.15. The maximum absolute atomic E-state index is 5.77. The lowest BCUT2D eigenvalue weighted by Crippen LogP contribution is -2.00. The summed E-state index contributed by atoms with van der Waals surface area (Å²) >= 11 is 5.77. The van der Waals surface area contributed by atoms with Crippen LogP contribution in [0.15, 0.2) is 18.2 Å². The molecule has 0 aliphatic rings. The predicted molar refractivity (Wildman–Crippen MR) is 65.1 cm³/mol. The highest BCUT2D eigenvalue weighted by atomic mass is 35.5. The second-order valence-electron chi connectivity index (χ2n) is 3.94. The number of rotatable bonds is 2. The summed E-state index contributed by atoms with van der Waals surface area (Å²) in [5.74, 6) is 0.399. The van der Waals surface area contributed by atoms with E-state index in [9.17, 15) is 0 Å². The summed E-state index contributed by atoms with van der Waals surface area (Å²) in [6.45, 7) is 6.16. The Morgan fingerprint density at radius 3 is 2.50 bits per heavy atom. The van der Waals surface area contributed by atoms with E-state index in [0.29, 0.717) is 5.88 Å². The Morgan fingerprint density at radius 2 is 1.94 bits per heavy atom. The molecule has 2 aromatic rings. The van der Waals surface area contributed by atoms with Crippen molar-refractivity contribution in [3.05, 3.63) is 40.7 Å². The highest BCUT2D eigenvalue weighted by molar-refractivity contribution is 6.16. The molecule has 2 rings (SSSR count). The standard InChI is InChI=1S/C12H14ClN3/c1-8-4-5-11(6-9(8)2)16-10(3)12(7-13)14-15-16/h4-6H,7H2,1-3H3. The third-order valence-corrected chi connectivity index (χ3v) is 3.11. The Balaban J connectivity index is 2.50. The molecule has 16 heavy (non-hydrogen) atoms. The van der Waals surface area contributed by atoms with Crippen molar-refractivity contribution in [3.8, 4) is 5.69 Å². The SMILES string of the molecule is Cc1ccc(-n2nnc(CCl)c2C)cc1C. The molecule has 0 fully saturated rings. The van der Waals surface area contributed by atoms with Crippen molar-refractivity contribution in [1.29, 1.82) is 0 Å². The van der Waals surface area contributed by atoms with E-state index in [0.717, 1.165) is 17.1 Å². The van der Waals surface area contributed by atoms with Crippen LogP contribution in [-0.4, -0.2) is 15.0 Å². The van der Waals surface area contributed by atoms with Gasteiger partial charge >= 0.3 is 0 Å². The van der Waals surface area contributed by atoms with Gasteiger partial charge in [0.15, 0.2) is 0 Å². The number of nitrogens with zero attached hydrogens (tertiary/aromatic N) is 3. The molecule has 4 heteroatoms. The lowest BCUT2D eigenvalue weighted by atomic mass is 10.1. The van der Waals surface area contributed by atoms with Crippen LogP contribution in [-0.2, 0) is 5.88 Å². The van der Waals surface area contributed by atoms with Gasteiger partial charge in [-0.3, -0.25) is 0 Å². The van der Waals surface area contributed by atoms with E-state index in [1.54, 1.807) is 0 Å². The minimum atomic E-state index is 0.399. The van der Waals surface area contributed by atoms with Crippen molar-refractivity contribution < 1.29 is 0 Å². The van der Waals surface area contributed by atoms with E-state index in [-0.39, 0.29) is 0 Å². The zero-order chi connectivity index (χ0) is 11.7. The Kier molecular flexibility index (Phi) is 2.97. The molecule has 1 aromatic heterocycles. The van der Waals surface area contributed by atoms with Gasteiger partial charge in [0.05, 0.1) is 17.3 Å². The number of alkyl halides is 1. The Hall–Kier alpha value is -1.35. The van der Waals surface area contributed by atoms with Crippen LogP contribution >= 0.6 is 11.6 Å². The molecular formula is C12H14ClN3. The van der Waals surface area contributed by atoms with Gasteiger partial charge in [0, 0.05) is 0 Å². The van der Waals surface area contributed by atoms with E-state index in [1.165, 1.54) is 11.1 Å². The maximum Gasteiger partial charge on any atom is 0.101 e. The number of aromatic nitrogens is 3. The molecule has 3 nitrogen and oxygen atoms in total. The van der Waals surface area contributed by atoms with E-state index in [1.807, 2.05) is 17.7 Å². The van der Waals surface area contributed by atoms with Gasteiger partial charge in [0.2, 0.25) is 0 Å². The fourth-order valence-corrected chi connectivity index (χ4v) is 1.83.